The Morgan fingerprint density at radius 2 is 1.53 bits per heavy atom. The van der Waals surface area contributed by atoms with Gasteiger partial charge in [0.1, 0.15) is 40.9 Å². The number of methoxy groups -OCH3 is 4. The zero-order chi connectivity index (χ0) is 45.6. The standard InChI is InChI=1S/C46H53ClN8O9/c1-22-9-15-34(54(22)43(56)32(24(3)60-5)20-48-45(58)62-7)41-49-33-14-12-26-18-31-29-13-11-27(17-28(29)21-64-36(31)19-30(26)39(33)51-41)38-40(47)53-42(50-38)35-16-10-23(2)55(35)44(57)37(25(4)61-6)52-46(59)63-8/h11-14,17-20,22-25,32,34-35,37H,9-10,15-16,21H2,1-8H3,(H,49,51)(H,50,53)(H,52,59). The Morgan fingerprint density at radius 1 is 0.844 bits per heavy atom. The van der Waals surface area contributed by atoms with E-state index in [9.17, 15) is 19.2 Å². The summed E-state index contributed by atoms with van der Waals surface area (Å²) in [6, 6.07) is 12.4. The summed E-state index contributed by atoms with van der Waals surface area (Å²) in [6.45, 7) is 7.78. The second-order valence-electron chi connectivity index (χ2n) is 16.7. The highest BCUT2D eigenvalue weighted by atomic mass is 35.5. The maximum Gasteiger partial charge on any atom is 0.432 e. The molecule has 0 radical (unpaired) electrons. The average molecular weight is 897 g/mol. The molecule has 0 spiro atoms. The fourth-order valence-corrected chi connectivity index (χ4v) is 9.59. The van der Waals surface area contributed by atoms with Crippen molar-refractivity contribution in [3.8, 4) is 28.1 Å². The fourth-order valence-electron chi connectivity index (χ4n) is 9.34. The quantitative estimate of drug-likeness (QED) is 0.110. The molecule has 338 valence electrons. The molecule has 17 nitrogen and oxygen atoms in total. The second kappa shape index (κ2) is 18.2. The number of aliphatic imine (C=N–C) groups is 1. The van der Waals surface area contributed by atoms with Crippen molar-refractivity contribution in [1.29, 1.82) is 0 Å². The summed E-state index contributed by atoms with van der Waals surface area (Å²) >= 11 is 6.86. The van der Waals surface area contributed by atoms with Crippen LogP contribution in [-0.2, 0) is 35.1 Å². The van der Waals surface area contributed by atoms with Crippen LogP contribution in [-0.4, -0.2) is 119 Å². The van der Waals surface area contributed by atoms with Gasteiger partial charge in [-0.15, -0.1) is 0 Å². The molecule has 3 aliphatic heterocycles. The van der Waals surface area contributed by atoms with Crippen molar-refractivity contribution in [2.75, 3.05) is 28.4 Å². The number of nitrogens with zero attached hydrogens (tertiary/aromatic N) is 5. The first kappa shape index (κ1) is 44.6. The van der Waals surface area contributed by atoms with E-state index in [2.05, 4.69) is 43.2 Å². The molecule has 8 rings (SSSR count). The molecule has 8 atom stereocenters. The van der Waals surface area contributed by atoms with Gasteiger partial charge in [0.15, 0.2) is 0 Å². The number of fused-ring (bicyclic) bond motifs is 6. The SMILES string of the molecule is COC(=O)N=CC(C(=O)N1C(C)CCC1c1nc2c(ccc3cc4c(cc32)OCc2cc(-c3nc(C5CCC(C)N5C(=O)C(NC(=O)OC)C(C)OC)[nH]c3Cl)ccc2-4)[nH]1)C(C)OC. The Kier molecular flexibility index (Phi) is 12.7. The zero-order valence-electron chi connectivity index (χ0n) is 37.1. The smallest absolute Gasteiger partial charge is 0.432 e. The largest absolute Gasteiger partial charge is 0.488 e. The summed E-state index contributed by atoms with van der Waals surface area (Å²) in [4.78, 5) is 76.4. The summed E-state index contributed by atoms with van der Waals surface area (Å²) in [6.07, 6.45) is 1.52. The maximum absolute atomic E-state index is 14.1. The Hall–Kier alpha value is -6.04. The lowest BCUT2D eigenvalue weighted by atomic mass is 9.92. The average Bonchev–Trinajstić information content (AvgIpc) is 4.11. The molecule has 3 aliphatic rings. The van der Waals surface area contributed by atoms with Gasteiger partial charge in [0, 0.05) is 49.0 Å². The van der Waals surface area contributed by atoms with Crippen LogP contribution < -0.4 is 10.1 Å². The van der Waals surface area contributed by atoms with Crippen LogP contribution in [0.5, 0.6) is 5.75 Å². The first-order valence-electron chi connectivity index (χ1n) is 21.4. The van der Waals surface area contributed by atoms with Gasteiger partial charge < -0.3 is 48.8 Å². The van der Waals surface area contributed by atoms with Crippen molar-refractivity contribution in [1.82, 2.24) is 35.1 Å². The third-order valence-electron chi connectivity index (χ3n) is 13.0. The van der Waals surface area contributed by atoms with Crippen molar-refractivity contribution >= 4 is 63.6 Å². The molecule has 8 unspecified atom stereocenters. The van der Waals surface area contributed by atoms with Gasteiger partial charge >= 0.3 is 12.2 Å². The molecule has 3 N–H and O–H groups in total. The van der Waals surface area contributed by atoms with Crippen LogP contribution >= 0.6 is 11.6 Å². The van der Waals surface area contributed by atoms with Crippen molar-refractivity contribution in [3.63, 3.8) is 0 Å². The van der Waals surface area contributed by atoms with Crippen molar-refractivity contribution in [2.24, 2.45) is 10.9 Å². The summed E-state index contributed by atoms with van der Waals surface area (Å²) in [5, 5.41) is 4.86. The number of ether oxygens (including phenoxy) is 5. The highest BCUT2D eigenvalue weighted by Gasteiger charge is 2.43. The number of alkyl carbamates (subject to hydrolysis) is 1. The van der Waals surface area contributed by atoms with E-state index >= 15 is 0 Å². The monoisotopic (exact) mass is 896 g/mol. The number of nitrogens with one attached hydrogen (secondary N) is 3. The highest BCUT2D eigenvalue weighted by molar-refractivity contribution is 6.32. The van der Waals surface area contributed by atoms with Gasteiger partial charge in [0.2, 0.25) is 11.8 Å². The first-order valence-corrected chi connectivity index (χ1v) is 21.8. The number of halogens is 1. The maximum atomic E-state index is 14.1. The fraction of sp³-hybridized carbons (Fsp3) is 0.457. The van der Waals surface area contributed by atoms with Crippen LogP contribution in [0.3, 0.4) is 0 Å². The van der Waals surface area contributed by atoms with Gasteiger partial charge in [0.25, 0.3) is 0 Å². The van der Waals surface area contributed by atoms with Gasteiger partial charge in [0.05, 0.1) is 55.5 Å². The number of carbonyl (C=O) groups excluding carboxylic acids is 4. The third kappa shape index (κ3) is 8.16. The van der Waals surface area contributed by atoms with E-state index in [1.807, 2.05) is 43.0 Å². The molecular formula is C46H53ClN8O9. The minimum absolute atomic E-state index is 0.0775. The number of rotatable bonds is 11. The number of carbonyl (C=O) groups is 4. The second-order valence-corrected chi connectivity index (χ2v) is 17.1. The summed E-state index contributed by atoms with van der Waals surface area (Å²) in [7, 11) is 5.49. The van der Waals surface area contributed by atoms with Crippen LogP contribution in [0.15, 0.2) is 47.5 Å². The van der Waals surface area contributed by atoms with E-state index in [0.717, 1.165) is 62.7 Å². The molecule has 2 aromatic heterocycles. The molecule has 2 saturated heterocycles. The summed E-state index contributed by atoms with van der Waals surface area (Å²) in [5.41, 5.74) is 5.86. The van der Waals surface area contributed by atoms with Crippen LogP contribution in [0, 0.1) is 5.92 Å². The number of aromatic amines is 2. The predicted octanol–water partition coefficient (Wildman–Crippen LogP) is 7.67. The molecule has 0 saturated carbocycles. The molecule has 0 aliphatic carbocycles. The lowest BCUT2D eigenvalue weighted by Crippen LogP contribution is -2.55. The van der Waals surface area contributed by atoms with E-state index in [0.29, 0.717) is 41.9 Å². The lowest BCUT2D eigenvalue weighted by molar-refractivity contribution is -0.140. The van der Waals surface area contributed by atoms with E-state index in [1.54, 1.807) is 18.7 Å². The van der Waals surface area contributed by atoms with Crippen LogP contribution in [0.4, 0.5) is 9.59 Å². The van der Waals surface area contributed by atoms with Gasteiger partial charge in [-0.2, -0.15) is 4.99 Å². The normalized spacial score (nSPS) is 21.3. The van der Waals surface area contributed by atoms with E-state index in [4.69, 9.17) is 40.5 Å². The molecule has 3 aromatic carbocycles. The minimum atomic E-state index is -0.968. The molecule has 5 aromatic rings. The highest BCUT2D eigenvalue weighted by Crippen LogP contribution is 2.45. The Labute approximate surface area is 375 Å². The topological polar surface area (TPSA) is 203 Å². The van der Waals surface area contributed by atoms with Crippen molar-refractivity contribution < 1.29 is 42.9 Å². The van der Waals surface area contributed by atoms with Gasteiger partial charge in [-0.05, 0) is 94.2 Å². The number of H-pyrrole nitrogens is 2. The Morgan fingerprint density at radius 3 is 2.20 bits per heavy atom. The minimum Gasteiger partial charge on any atom is -0.488 e. The number of amides is 4. The zero-order valence-corrected chi connectivity index (χ0v) is 37.8. The Balaban J connectivity index is 1.06. The predicted molar refractivity (Wildman–Crippen MR) is 239 cm³/mol. The number of hydrogen-bond acceptors (Lipinski definition) is 11. The number of likely N-dealkylation sites (tertiary alicyclic amines) is 2. The van der Waals surface area contributed by atoms with Crippen LogP contribution in [0.2, 0.25) is 5.15 Å². The van der Waals surface area contributed by atoms with Gasteiger partial charge in [-0.1, -0.05) is 29.8 Å². The molecule has 64 heavy (non-hydrogen) atoms. The van der Waals surface area contributed by atoms with Crippen LogP contribution in [0.1, 0.15) is 82.7 Å². The van der Waals surface area contributed by atoms with Crippen LogP contribution in [0.25, 0.3) is 44.2 Å². The molecule has 2 fully saturated rings. The van der Waals surface area contributed by atoms with E-state index in [1.165, 1.54) is 34.7 Å². The number of imidazole rings is 2. The third-order valence-corrected chi connectivity index (χ3v) is 13.3. The van der Waals surface area contributed by atoms with Crippen molar-refractivity contribution in [2.45, 2.75) is 102 Å². The number of hydrogen-bond donors (Lipinski definition) is 3. The molecule has 4 amide bonds. The molecular weight excluding hydrogens is 844 g/mol. The Bertz CT molecular complexity index is 2650. The van der Waals surface area contributed by atoms with E-state index < -0.39 is 42.4 Å². The molecule has 0 bridgehead atoms. The lowest BCUT2D eigenvalue weighted by Gasteiger charge is -2.33. The summed E-state index contributed by atoms with van der Waals surface area (Å²) in [5.74, 6) is 0.633. The van der Waals surface area contributed by atoms with Gasteiger partial charge in [-0.3, -0.25) is 9.59 Å². The summed E-state index contributed by atoms with van der Waals surface area (Å²) < 4.78 is 26.9. The number of aromatic nitrogens is 4. The molecule has 18 heteroatoms. The first-order chi connectivity index (χ1) is 30.8. The van der Waals surface area contributed by atoms with Gasteiger partial charge in [-0.25, -0.2) is 19.6 Å². The van der Waals surface area contributed by atoms with E-state index in [-0.39, 0.29) is 29.9 Å². The van der Waals surface area contributed by atoms with Crippen molar-refractivity contribution in [3.05, 3.63) is 64.8 Å². The molecule has 5 heterocycles. The number of benzene rings is 3.